The minimum absolute atomic E-state index is 0.0299. The van der Waals surface area contributed by atoms with E-state index < -0.39 is 34.6 Å². The molecule has 6 heteroatoms. The molecule has 3 aromatic rings. The Balaban J connectivity index is 1.93. The number of nitriles is 1. The molecule has 0 unspecified atom stereocenters. The van der Waals surface area contributed by atoms with Crippen molar-refractivity contribution >= 4 is 6.08 Å². The fraction of sp³-hybridized carbons (Fsp3) is 0. The van der Waals surface area contributed by atoms with E-state index >= 15 is 0 Å². The standard InChI is InChI=1S/C21H11F4NO/c1-2-12-3-5-13(6-4-12)14-7-9-15(10-8-14)27-21-16(11-26)17(22)18(23)19(24)20(21)25/h2-10H,1H2. The first-order chi connectivity index (χ1) is 13.0. The molecule has 0 atom stereocenters. The molecule has 0 aliphatic rings. The van der Waals surface area contributed by atoms with Crippen LogP contribution >= 0.6 is 0 Å². The maximum Gasteiger partial charge on any atom is 0.205 e. The summed E-state index contributed by atoms with van der Waals surface area (Å²) in [5.41, 5.74) is 1.62. The van der Waals surface area contributed by atoms with Crippen molar-refractivity contribution in [1.29, 1.82) is 5.26 Å². The molecule has 0 bridgehead atoms. The topological polar surface area (TPSA) is 33.0 Å². The van der Waals surface area contributed by atoms with Crippen LogP contribution in [0.3, 0.4) is 0 Å². The van der Waals surface area contributed by atoms with Gasteiger partial charge in [0.2, 0.25) is 11.6 Å². The van der Waals surface area contributed by atoms with Crippen molar-refractivity contribution in [2.24, 2.45) is 0 Å². The smallest absolute Gasteiger partial charge is 0.205 e. The summed E-state index contributed by atoms with van der Waals surface area (Å²) in [4.78, 5) is 0. The third-order valence-electron chi connectivity index (χ3n) is 3.89. The zero-order valence-electron chi connectivity index (χ0n) is 13.8. The van der Waals surface area contributed by atoms with Crippen molar-refractivity contribution in [3.05, 3.63) is 89.5 Å². The number of benzene rings is 3. The Morgan fingerprint density at radius 2 is 1.30 bits per heavy atom. The molecule has 0 amide bonds. The number of halogens is 4. The lowest BCUT2D eigenvalue weighted by atomic mass is 10.0. The minimum atomic E-state index is -2.06. The fourth-order valence-electron chi connectivity index (χ4n) is 2.45. The highest BCUT2D eigenvalue weighted by Gasteiger charge is 2.27. The average Bonchev–Trinajstić information content (AvgIpc) is 2.71. The van der Waals surface area contributed by atoms with Crippen LogP contribution in [0.2, 0.25) is 0 Å². The second-order valence-electron chi connectivity index (χ2n) is 5.52. The number of ether oxygens (including phenoxy) is 1. The van der Waals surface area contributed by atoms with E-state index in [2.05, 4.69) is 6.58 Å². The average molecular weight is 369 g/mol. The third kappa shape index (κ3) is 3.40. The molecule has 0 aliphatic carbocycles. The Hall–Kier alpha value is -3.59. The van der Waals surface area contributed by atoms with Crippen molar-refractivity contribution < 1.29 is 22.3 Å². The summed E-state index contributed by atoms with van der Waals surface area (Å²) in [5, 5.41) is 8.92. The predicted molar refractivity (Wildman–Crippen MR) is 93.0 cm³/mol. The highest BCUT2D eigenvalue weighted by molar-refractivity contribution is 5.66. The first-order valence-corrected chi connectivity index (χ1v) is 7.73. The SMILES string of the molecule is C=Cc1ccc(-c2ccc(Oc3c(F)c(F)c(F)c(F)c3C#N)cc2)cc1. The zero-order valence-corrected chi connectivity index (χ0v) is 13.8. The molecule has 0 saturated carbocycles. The van der Waals surface area contributed by atoms with Gasteiger partial charge in [-0.25, -0.2) is 13.2 Å². The number of rotatable bonds is 4. The van der Waals surface area contributed by atoms with E-state index in [1.807, 2.05) is 24.3 Å². The van der Waals surface area contributed by atoms with E-state index in [-0.39, 0.29) is 5.75 Å². The minimum Gasteiger partial charge on any atom is -0.453 e. The zero-order chi connectivity index (χ0) is 19.6. The van der Waals surface area contributed by atoms with E-state index in [0.29, 0.717) is 0 Å². The number of hydrogen-bond donors (Lipinski definition) is 0. The molecule has 3 aromatic carbocycles. The number of hydrogen-bond acceptors (Lipinski definition) is 2. The van der Waals surface area contributed by atoms with E-state index in [9.17, 15) is 17.6 Å². The van der Waals surface area contributed by atoms with Gasteiger partial charge in [-0.3, -0.25) is 0 Å². The van der Waals surface area contributed by atoms with Gasteiger partial charge >= 0.3 is 0 Å². The van der Waals surface area contributed by atoms with Crippen LogP contribution in [0.25, 0.3) is 17.2 Å². The second kappa shape index (κ2) is 7.34. The predicted octanol–water partition coefficient (Wildman–Crippen LogP) is 6.22. The molecule has 0 saturated heterocycles. The summed E-state index contributed by atoms with van der Waals surface area (Å²) in [5.74, 6) is -8.64. The molecule has 3 rings (SSSR count). The van der Waals surface area contributed by atoms with Gasteiger partial charge < -0.3 is 4.74 Å². The Morgan fingerprint density at radius 3 is 1.81 bits per heavy atom. The molecular weight excluding hydrogens is 358 g/mol. The highest BCUT2D eigenvalue weighted by Crippen LogP contribution is 2.34. The van der Waals surface area contributed by atoms with Gasteiger partial charge in [-0.15, -0.1) is 0 Å². The summed E-state index contributed by atoms with van der Waals surface area (Å²) in [6, 6.07) is 15.0. The molecular formula is C21H11F4NO. The van der Waals surface area contributed by atoms with Crippen LogP contribution in [0.4, 0.5) is 17.6 Å². The maximum absolute atomic E-state index is 13.9. The van der Waals surface area contributed by atoms with Crippen molar-refractivity contribution in [2.45, 2.75) is 0 Å². The summed E-state index contributed by atoms with van der Waals surface area (Å²) >= 11 is 0. The molecule has 0 aromatic heterocycles. The lowest BCUT2D eigenvalue weighted by molar-refractivity contribution is 0.369. The molecule has 0 radical (unpaired) electrons. The van der Waals surface area contributed by atoms with E-state index in [1.54, 1.807) is 18.2 Å². The van der Waals surface area contributed by atoms with Crippen molar-refractivity contribution in [2.75, 3.05) is 0 Å². The second-order valence-corrected chi connectivity index (χ2v) is 5.52. The van der Waals surface area contributed by atoms with E-state index in [0.717, 1.165) is 16.7 Å². The van der Waals surface area contributed by atoms with Crippen molar-refractivity contribution in [1.82, 2.24) is 0 Å². The number of nitrogens with zero attached hydrogens (tertiary/aromatic N) is 1. The van der Waals surface area contributed by atoms with Crippen LogP contribution in [0.5, 0.6) is 11.5 Å². The molecule has 0 aliphatic heterocycles. The monoisotopic (exact) mass is 369 g/mol. The van der Waals surface area contributed by atoms with Gasteiger partial charge in [0.25, 0.3) is 0 Å². The van der Waals surface area contributed by atoms with Crippen LogP contribution in [-0.4, -0.2) is 0 Å². The Bertz CT molecular complexity index is 1050. The van der Waals surface area contributed by atoms with Crippen LogP contribution < -0.4 is 4.74 Å². The van der Waals surface area contributed by atoms with Crippen LogP contribution in [0.1, 0.15) is 11.1 Å². The van der Waals surface area contributed by atoms with Gasteiger partial charge in [0.05, 0.1) is 0 Å². The molecule has 2 nitrogen and oxygen atoms in total. The van der Waals surface area contributed by atoms with Gasteiger partial charge in [0.15, 0.2) is 17.4 Å². The Kier molecular flexibility index (Phi) is 4.95. The third-order valence-corrected chi connectivity index (χ3v) is 3.89. The molecule has 134 valence electrons. The Labute approximate surface area is 152 Å². The van der Waals surface area contributed by atoms with Gasteiger partial charge in [-0.1, -0.05) is 49.1 Å². The normalized spacial score (nSPS) is 10.3. The van der Waals surface area contributed by atoms with Gasteiger partial charge in [-0.2, -0.15) is 9.65 Å². The summed E-state index contributed by atoms with van der Waals surface area (Å²) in [6.45, 7) is 3.68. The quantitative estimate of drug-likeness (QED) is 0.311. The van der Waals surface area contributed by atoms with Gasteiger partial charge in [-0.05, 0) is 28.8 Å². The molecule has 0 fully saturated rings. The van der Waals surface area contributed by atoms with Crippen LogP contribution in [0.15, 0.2) is 55.1 Å². The first kappa shape index (κ1) is 18.2. The molecule has 0 heterocycles. The van der Waals surface area contributed by atoms with E-state index in [1.165, 1.54) is 18.2 Å². The first-order valence-electron chi connectivity index (χ1n) is 7.73. The largest absolute Gasteiger partial charge is 0.453 e. The van der Waals surface area contributed by atoms with E-state index in [4.69, 9.17) is 10.00 Å². The highest BCUT2D eigenvalue weighted by atomic mass is 19.2. The molecule has 27 heavy (non-hydrogen) atoms. The molecule has 0 spiro atoms. The van der Waals surface area contributed by atoms with Crippen molar-refractivity contribution in [3.63, 3.8) is 0 Å². The maximum atomic E-state index is 13.9. The van der Waals surface area contributed by atoms with Crippen LogP contribution in [-0.2, 0) is 0 Å². The van der Waals surface area contributed by atoms with Gasteiger partial charge in [0, 0.05) is 0 Å². The summed E-state index contributed by atoms with van der Waals surface area (Å²) < 4.78 is 59.4. The fourth-order valence-corrected chi connectivity index (χ4v) is 2.45. The van der Waals surface area contributed by atoms with Gasteiger partial charge in [0.1, 0.15) is 17.4 Å². The summed E-state index contributed by atoms with van der Waals surface area (Å²) in [7, 11) is 0. The lowest BCUT2D eigenvalue weighted by Crippen LogP contribution is -2.04. The van der Waals surface area contributed by atoms with Crippen LogP contribution in [0, 0.1) is 34.6 Å². The Morgan fingerprint density at radius 1 is 0.778 bits per heavy atom. The lowest BCUT2D eigenvalue weighted by Gasteiger charge is -2.11. The molecule has 0 N–H and O–H groups in total. The van der Waals surface area contributed by atoms with Crippen molar-refractivity contribution in [3.8, 4) is 28.7 Å². The summed E-state index contributed by atoms with van der Waals surface area (Å²) in [6.07, 6.45) is 1.71.